The number of hydrogen-bond acceptors (Lipinski definition) is 12. The molecule has 38 heavy (non-hydrogen) atoms. The summed E-state index contributed by atoms with van der Waals surface area (Å²) in [5, 5.41) is 82.0. The smallest absolute Gasteiger partial charge is 0.229 e. The van der Waals surface area contributed by atoms with Crippen LogP contribution in [-0.4, -0.2) is 116 Å². The zero-order valence-corrected chi connectivity index (χ0v) is 21.8. The van der Waals surface area contributed by atoms with E-state index in [1.165, 1.54) is 0 Å². The number of benzene rings is 1. The quantitative estimate of drug-likeness (QED) is 0.208. The van der Waals surface area contributed by atoms with Crippen LogP contribution in [0.1, 0.15) is 55.2 Å². The Kier molecular flexibility index (Phi) is 9.20. The summed E-state index contributed by atoms with van der Waals surface area (Å²) >= 11 is 0. The Morgan fingerprint density at radius 3 is 2.34 bits per heavy atom. The van der Waals surface area contributed by atoms with Crippen molar-refractivity contribution in [1.29, 1.82) is 0 Å². The van der Waals surface area contributed by atoms with E-state index in [1.54, 1.807) is 6.92 Å². The SMILES string of the molecule is Cc1cc2c(c(O)c1O[C@@H]1O[C@H](CO[C@@H]3OC[C@@H](O)[C@H](O)[C@H]3O)[C@@H](O)[C@H](O)[C@H]1O)[C@H](C)CC[C@H]2[C@H](C)CO. The van der Waals surface area contributed by atoms with Gasteiger partial charge < -0.3 is 59.8 Å². The van der Waals surface area contributed by atoms with Crippen LogP contribution in [-0.2, 0) is 14.2 Å². The molecule has 2 heterocycles. The Morgan fingerprint density at radius 2 is 1.66 bits per heavy atom. The summed E-state index contributed by atoms with van der Waals surface area (Å²) in [6.45, 7) is 5.01. The molecule has 0 amide bonds. The number of aliphatic hydroxyl groups excluding tert-OH is 7. The number of aliphatic hydroxyl groups is 7. The van der Waals surface area contributed by atoms with Gasteiger partial charge in [-0.05, 0) is 48.6 Å². The normalized spacial score (nSPS) is 40.4. The van der Waals surface area contributed by atoms with E-state index in [-0.39, 0.29) is 42.5 Å². The van der Waals surface area contributed by atoms with Crippen LogP contribution in [0.4, 0.5) is 0 Å². The largest absolute Gasteiger partial charge is 0.504 e. The third-order valence-corrected chi connectivity index (χ3v) is 8.07. The van der Waals surface area contributed by atoms with Crippen LogP contribution < -0.4 is 4.74 Å². The first-order valence-electron chi connectivity index (χ1n) is 13.1. The lowest BCUT2D eigenvalue weighted by atomic mass is 9.72. The fraction of sp³-hybridized carbons (Fsp3) is 0.769. The first-order valence-corrected chi connectivity index (χ1v) is 13.1. The Balaban J connectivity index is 1.52. The van der Waals surface area contributed by atoms with E-state index in [0.29, 0.717) is 11.1 Å². The molecule has 3 aliphatic rings. The first kappa shape index (κ1) is 29.4. The van der Waals surface area contributed by atoms with Crippen LogP contribution in [0.5, 0.6) is 11.5 Å². The van der Waals surface area contributed by atoms with Crippen LogP contribution in [0, 0.1) is 12.8 Å². The van der Waals surface area contributed by atoms with Crippen LogP contribution in [0.25, 0.3) is 0 Å². The van der Waals surface area contributed by atoms with Gasteiger partial charge in [0, 0.05) is 12.2 Å². The molecule has 0 radical (unpaired) electrons. The van der Waals surface area contributed by atoms with Crippen molar-refractivity contribution in [3.63, 3.8) is 0 Å². The molecular formula is C26H40O12. The second kappa shape index (κ2) is 11.9. The predicted molar refractivity (Wildman–Crippen MR) is 131 cm³/mol. The van der Waals surface area contributed by atoms with E-state index in [4.69, 9.17) is 18.9 Å². The maximum Gasteiger partial charge on any atom is 0.229 e. The van der Waals surface area contributed by atoms with Gasteiger partial charge in [0.15, 0.2) is 17.8 Å². The van der Waals surface area contributed by atoms with Crippen LogP contribution in [0.3, 0.4) is 0 Å². The minimum atomic E-state index is -1.68. The van der Waals surface area contributed by atoms with Gasteiger partial charge in [0.25, 0.3) is 0 Å². The monoisotopic (exact) mass is 544 g/mol. The third-order valence-electron chi connectivity index (χ3n) is 8.07. The Morgan fingerprint density at radius 1 is 0.974 bits per heavy atom. The summed E-state index contributed by atoms with van der Waals surface area (Å²) in [5.41, 5.74) is 2.22. The summed E-state index contributed by atoms with van der Waals surface area (Å²) in [5.74, 6) is 0.0680. The second-order valence-electron chi connectivity index (χ2n) is 10.8. The molecule has 0 unspecified atom stereocenters. The van der Waals surface area contributed by atoms with Gasteiger partial charge >= 0.3 is 0 Å². The van der Waals surface area contributed by atoms with Crippen molar-refractivity contribution in [1.82, 2.24) is 0 Å². The molecule has 216 valence electrons. The molecule has 8 N–H and O–H groups in total. The molecule has 1 aliphatic carbocycles. The fourth-order valence-electron chi connectivity index (χ4n) is 5.63. The Labute approximate surface area is 221 Å². The first-order chi connectivity index (χ1) is 18.0. The maximum absolute atomic E-state index is 11.3. The zero-order valence-electron chi connectivity index (χ0n) is 21.8. The Hall–Kier alpha value is -1.58. The van der Waals surface area contributed by atoms with Gasteiger partial charge in [-0.2, -0.15) is 0 Å². The van der Waals surface area contributed by atoms with Crippen molar-refractivity contribution >= 4 is 0 Å². The molecule has 0 saturated carbocycles. The lowest BCUT2D eigenvalue weighted by molar-refractivity contribution is -0.307. The van der Waals surface area contributed by atoms with Crippen molar-refractivity contribution in [2.24, 2.45) is 5.92 Å². The molecule has 12 nitrogen and oxygen atoms in total. The number of fused-ring (bicyclic) bond motifs is 1. The number of phenols is 1. The zero-order chi connectivity index (χ0) is 27.9. The summed E-state index contributed by atoms with van der Waals surface area (Å²) in [4.78, 5) is 0. The fourth-order valence-corrected chi connectivity index (χ4v) is 5.63. The van der Waals surface area contributed by atoms with Gasteiger partial charge in [-0.15, -0.1) is 0 Å². The molecule has 4 rings (SSSR count). The molecule has 1 aromatic rings. The molecule has 2 fully saturated rings. The highest BCUT2D eigenvalue weighted by atomic mass is 16.7. The van der Waals surface area contributed by atoms with Gasteiger partial charge in [0.2, 0.25) is 6.29 Å². The van der Waals surface area contributed by atoms with Crippen LogP contribution in [0.15, 0.2) is 6.07 Å². The maximum atomic E-state index is 11.3. The van der Waals surface area contributed by atoms with Gasteiger partial charge in [0.1, 0.15) is 42.7 Å². The summed E-state index contributed by atoms with van der Waals surface area (Å²) < 4.78 is 22.2. The molecule has 0 spiro atoms. The minimum absolute atomic E-state index is 0.00347. The van der Waals surface area contributed by atoms with Crippen molar-refractivity contribution in [3.05, 3.63) is 22.8 Å². The van der Waals surface area contributed by atoms with Crippen molar-refractivity contribution in [3.8, 4) is 11.5 Å². The topological polar surface area (TPSA) is 199 Å². The molecule has 1 aromatic carbocycles. The number of aromatic hydroxyl groups is 1. The van der Waals surface area contributed by atoms with E-state index in [1.807, 2.05) is 19.9 Å². The molecule has 12 heteroatoms. The van der Waals surface area contributed by atoms with E-state index < -0.39 is 61.9 Å². The van der Waals surface area contributed by atoms with Crippen molar-refractivity contribution < 1.29 is 59.8 Å². The third kappa shape index (κ3) is 5.52. The van der Waals surface area contributed by atoms with Crippen molar-refractivity contribution in [2.45, 2.75) is 101 Å². The average Bonchev–Trinajstić information content (AvgIpc) is 2.89. The molecule has 0 aromatic heterocycles. The van der Waals surface area contributed by atoms with E-state index in [0.717, 1.165) is 18.4 Å². The van der Waals surface area contributed by atoms with Crippen LogP contribution in [0.2, 0.25) is 0 Å². The molecule has 2 aliphatic heterocycles. The minimum Gasteiger partial charge on any atom is -0.504 e. The highest BCUT2D eigenvalue weighted by molar-refractivity contribution is 5.57. The standard InChI is InChI=1S/C26H40O12/c1-10-4-5-13(12(3)7-27)14-6-11(2)24(20(31)17(10)14)38-26-23(34)21(32)19(30)16(37-26)9-36-25-22(33)18(29)15(28)8-35-25/h6,10,12-13,15-16,18-19,21-23,25-34H,4-5,7-9H2,1-3H3/t10-,12-,13+,15-,16-,18+,19-,21+,22-,23-,25+,26+/m1/s1. The molecule has 2 saturated heterocycles. The Bertz CT molecular complexity index is 959. The second-order valence-corrected chi connectivity index (χ2v) is 10.8. The average molecular weight is 545 g/mol. The van der Waals surface area contributed by atoms with Gasteiger partial charge in [-0.1, -0.05) is 19.9 Å². The number of phenolic OH excluding ortho intramolecular Hbond substituents is 1. The van der Waals surface area contributed by atoms with E-state index in [2.05, 4.69) is 0 Å². The highest BCUT2D eigenvalue weighted by Crippen LogP contribution is 2.50. The molecule has 12 atom stereocenters. The summed E-state index contributed by atoms with van der Waals surface area (Å²) in [6, 6.07) is 1.90. The highest BCUT2D eigenvalue weighted by Gasteiger charge is 2.47. The predicted octanol–water partition coefficient (Wildman–Crippen LogP) is -1.05. The summed E-state index contributed by atoms with van der Waals surface area (Å²) in [7, 11) is 0. The number of hydrogen-bond donors (Lipinski definition) is 8. The van der Waals surface area contributed by atoms with E-state index >= 15 is 0 Å². The summed E-state index contributed by atoms with van der Waals surface area (Å²) in [6.07, 6.45) is -11.6. The lowest BCUT2D eigenvalue weighted by Crippen LogP contribution is -2.61. The van der Waals surface area contributed by atoms with Crippen LogP contribution >= 0.6 is 0 Å². The van der Waals surface area contributed by atoms with E-state index in [9.17, 15) is 40.9 Å². The number of ether oxygens (including phenoxy) is 4. The van der Waals surface area contributed by atoms with Gasteiger partial charge in [-0.3, -0.25) is 0 Å². The number of rotatable bonds is 7. The molecular weight excluding hydrogens is 504 g/mol. The lowest BCUT2D eigenvalue weighted by Gasteiger charge is -2.42. The van der Waals surface area contributed by atoms with Gasteiger partial charge in [-0.25, -0.2) is 0 Å². The van der Waals surface area contributed by atoms with Gasteiger partial charge in [0.05, 0.1) is 13.2 Å². The van der Waals surface area contributed by atoms with Crippen molar-refractivity contribution in [2.75, 3.05) is 19.8 Å². The molecule has 0 bridgehead atoms. The number of aryl methyl sites for hydroxylation is 1.